The molecule has 4 heteroatoms. The number of likely N-dealkylation sites (tertiary alicyclic amines) is 1. The summed E-state index contributed by atoms with van der Waals surface area (Å²) in [6.45, 7) is 8.96. The van der Waals surface area contributed by atoms with E-state index in [0.717, 1.165) is 59.2 Å². The molecule has 1 aliphatic rings. The zero-order valence-electron chi connectivity index (χ0n) is 18.1. The third-order valence-corrected chi connectivity index (χ3v) is 6.19. The second kappa shape index (κ2) is 8.97. The highest BCUT2D eigenvalue weighted by molar-refractivity contribution is 5.92. The number of nitrogens with zero attached hydrogens (tertiary/aromatic N) is 2. The van der Waals surface area contributed by atoms with Crippen LogP contribution in [0.3, 0.4) is 0 Å². The number of hydrogen-bond donors (Lipinski definition) is 0. The summed E-state index contributed by atoms with van der Waals surface area (Å²) in [7, 11) is 0. The average molecular weight is 403 g/mol. The molecule has 1 aliphatic heterocycles. The fourth-order valence-electron chi connectivity index (χ4n) is 4.46. The van der Waals surface area contributed by atoms with E-state index in [1.54, 1.807) is 0 Å². The van der Waals surface area contributed by atoms with Crippen molar-refractivity contribution in [2.24, 2.45) is 11.8 Å². The molecule has 1 saturated heterocycles. The standard InChI is InChI=1S/C26H30N2O2/c1-18(2)20-13-15-28(16-14-20)17-23-25(21-9-5-4-6-10-21)27-24-12-8-7-11-22(24)26(23)30-19(3)29/h4-12,18,20H,13-17H2,1-3H3. The summed E-state index contributed by atoms with van der Waals surface area (Å²) in [6.07, 6.45) is 2.42. The van der Waals surface area contributed by atoms with E-state index in [4.69, 9.17) is 9.72 Å². The molecular weight excluding hydrogens is 372 g/mol. The van der Waals surface area contributed by atoms with Gasteiger partial charge in [-0.1, -0.05) is 56.3 Å². The van der Waals surface area contributed by atoms with E-state index in [0.29, 0.717) is 5.75 Å². The zero-order valence-corrected chi connectivity index (χ0v) is 18.1. The van der Waals surface area contributed by atoms with Crippen molar-refractivity contribution in [3.8, 4) is 17.0 Å². The fraction of sp³-hybridized carbons (Fsp3) is 0.385. The van der Waals surface area contributed by atoms with Crippen LogP contribution >= 0.6 is 0 Å². The Bertz CT molecular complexity index is 1020. The second-order valence-electron chi connectivity index (χ2n) is 8.60. The van der Waals surface area contributed by atoms with Crippen LogP contribution in [-0.4, -0.2) is 28.9 Å². The highest BCUT2D eigenvalue weighted by Gasteiger charge is 2.25. The van der Waals surface area contributed by atoms with Gasteiger partial charge in [0.25, 0.3) is 0 Å². The van der Waals surface area contributed by atoms with Gasteiger partial charge in [-0.15, -0.1) is 0 Å². The van der Waals surface area contributed by atoms with E-state index in [2.05, 4.69) is 30.9 Å². The van der Waals surface area contributed by atoms with Gasteiger partial charge in [-0.2, -0.15) is 0 Å². The molecule has 1 fully saturated rings. The quantitative estimate of drug-likeness (QED) is 0.514. The maximum absolute atomic E-state index is 12.0. The fourth-order valence-corrected chi connectivity index (χ4v) is 4.46. The predicted molar refractivity (Wildman–Crippen MR) is 121 cm³/mol. The van der Waals surface area contributed by atoms with E-state index in [-0.39, 0.29) is 5.97 Å². The monoisotopic (exact) mass is 402 g/mol. The Labute approximate surface area is 178 Å². The van der Waals surface area contributed by atoms with Gasteiger partial charge < -0.3 is 4.74 Å². The van der Waals surface area contributed by atoms with Crippen LogP contribution in [0.5, 0.6) is 5.75 Å². The predicted octanol–water partition coefficient (Wildman–Crippen LogP) is 5.70. The van der Waals surface area contributed by atoms with Gasteiger partial charge in [-0.25, -0.2) is 4.98 Å². The molecule has 0 unspecified atom stereocenters. The number of piperidine rings is 1. The second-order valence-corrected chi connectivity index (χ2v) is 8.60. The molecule has 30 heavy (non-hydrogen) atoms. The minimum Gasteiger partial charge on any atom is -0.426 e. The molecule has 4 rings (SSSR count). The summed E-state index contributed by atoms with van der Waals surface area (Å²) in [5.74, 6) is 1.87. The van der Waals surface area contributed by atoms with Gasteiger partial charge in [-0.3, -0.25) is 9.69 Å². The van der Waals surface area contributed by atoms with Crippen molar-refractivity contribution in [1.82, 2.24) is 9.88 Å². The molecule has 0 bridgehead atoms. The van der Waals surface area contributed by atoms with Crippen LogP contribution in [0.15, 0.2) is 54.6 Å². The smallest absolute Gasteiger partial charge is 0.308 e. The largest absolute Gasteiger partial charge is 0.426 e. The summed E-state index contributed by atoms with van der Waals surface area (Å²) in [4.78, 5) is 19.5. The Morgan fingerprint density at radius 3 is 2.40 bits per heavy atom. The molecule has 1 aromatic heterocycles. The molecular formula is C26H30N2O2. The number of benzene rings is 2. The number of carbonyl (C=O) groups excluding carboxylic acids is 1. The first-order valence-electron chi connectivity index (χ1n) is 10.9. The van der Waals surface area contributed by atoms with Crippen molar-refractivity contribution in [2.75, 3.05) is 13.1 Å². The number of hydrogen-bond acceptors (Lipinski definition) is 4. The van der Waals surface area contributed by atoms with Gasteiger partial charge in [-0.05, 0) is 49.9 Å². The molecule has 0 amide bonds. The van der Waals surface area contributed by atoms with Gasteiger partial charge >= 0.3 is 5.97 Å². The first kappa shape index (κ1) is 20.5. The van der Waals surface area contributed by atoms with Gasteiger partial charge in [0.15, 0.2) is 0 Å². The van der Waals surface area contributed by atoms with E-state index >= 15 is 0 Å². The Balaban J connectivity index is 1.80. The summed E-state index contributed by atoms with van der Waals surface area (Å²) in [5.41, 5.74) is 3.79. The van der Waals surface area contributed by atoms with Crippen LogP contribution in [-0.2, 0) is 11.3 Å². The van der Waals surface area contributed by atoms with E-state index in [1.807, 2.05) is 42.5 Å². The topological polar surface area (TPSA) is 42.4 Å². The number of rotatable bonds is 5. The number of pyridine rings is 1. The van der Waals surface area contributed by atoms with Gasteiger partial charge in [0.05, 0.1) is 11.2 Å². The Hall–Kier alpha value is -2.72. The van der Waals surface area contributed by atoms with Gasteiger partial charge in [0.2, 0.25) is 0 Å². The molecule has 2 heterocycles. The molecule has 0 radical (unpaired) electrons. The molecule has 0 atom stereocenters. The first-order chi connectivity index (χ1) is 14.5. The maximum Gasteiger partial charge on any atom is 0.308 e. The Morgan fingerprint density at radius 2 is 1.73 bits per heavy atom. The van der Waals surface area contributed by atoms with Crippen molar-refractivity contribution >= 4 is 16.9 Å². The molecule has 4 nitrogen and oxygen atoms in total. The lowest BCUT2D eigenvalue weighted by atomic mass is 9.86. The average Bonchev–Trinajstić information content (AvgIpc) is 2.76. The van der Waals surface area contributed by atoms with Crippen molar-refractivity contribution in [1.29, 1.82) is 0 Å². The molecule has 156 valence electrons. The number of para-hydroxylation sites is 1. The third kappa shape index (κ3) is 4.39. The highest BCUT2D eigenvalue weighted by Crippen LogP contribution is 2.37. The summed E-state index contributed by atoms with van der Waals surface area (Å²) in [5, 5.41) is 0.888. The number of ether oxygens (including phenoxy) is 1. The van der Waals surface area contributed by atoms with Crippen molar-refractivity contribution in [3.63, 3.8) is 0 Å². The minimum absolute atomic E-state index is 0.301. The lowest BCUT2D eigenvalue weighted by Gasteiger charge is -2.34. The molecule has 2 aromatic carbocycles. The van der Waals surface area contributed by atoms with E-state index in [1.165, 1.54) is 19.8 Å². The highest BCUT2D eigenvalue weighted by atomic mass is 16.5. The van der Waals surface area contributed by atoms with Crippen molar-refractivity contribution < 1.29 is 9.53 Å². The number of fused-ring (bicyclic) bond motifs is 1. The molecule has 3 aromatic rings. The van der Waals surface area contributed by atoms with Crippen LogP contribution in [0.1, 0.15) is 39.2 Å². The summed E-state index contributed by atoms with van der Waals surface area (Å²) in [6, 6.07) is 18.1. The van der Waals surface area contributed by atoms with Crippen LogP contribution in [0.2, 0.25) is 0 Å². The molecule has 0 N–H and O–H groups in total. The van der Waals surface area contributed by atoms with Crippen LogP contribution in [0.4, 0.5) is 0 Å². The maximum atomic E-state index is 12.0. The van der Waals surface area contributed by atoms with Gasteiger partial charge in [0.1, 0.15) is 5.75 Å². The van der Waals surface area contributed by atoms with E-state index < -0.39 is 0 Å². The lowest BCUT2D eigenvalue weighted by Crippen LogP contribution is -2.35. The molecule has 0 spiro atoms. The number of carbonyl (C=O) groups is 1. The lowest BCUT2D eigenvalue weighted by molar-refractivity contribution is -0.131. The summed E-state index contributed by atoms with van der Waals surface area (Å²) < 4.78 is 5.82. The minimum atomic E-state index is -0.301. The van der Waals surface area contributed by atoms with Crippen molar-refractivity contribution in [3.05, 3.63) is 60.2 Å². The molecule has 0 saturated carbocycles. The Kier molecular flexibility index (Phi) is 6.14. The van der Waals surface area contributed by atoms with E-state index in [9.17, 15) is 4.79 Å². The number of esters is 1. The zero-order chi connectivity index (χ0) is 21.1. The normalized spacial score (nSPS) is 15.6. The first-order valence-corrected chi connectivity index (χ1v) is 10.9. The number of aromatic nitrogens is 1. The van der Waals surface area contributed by atoms with Crippen molar-refractivity contribution in [2.45, 2.75) is 40.2 Å². The van der Waals surface area contributed by atoms with Gasteiger partial charge in [0, 0.05) is 30.0 Å². The Morgan fingerprint density at radius 1 is 1.07 bits per heavy atom. The molecule has 0 aliphatic carbocycles. The SMILES string of the molecule is CC(=O)Oc1c(CN2CCC(C(C)C)CC2)c(-c2ccccc2)nc2ccccc12. The van der Waals surface area contributed by atoms with Crippen LogP contribution < -0.4 is 4.74 Å². The third-order valence-electron chi connectivity index (χ3n) is 6.19. The van der Waals surface area contributed by atoms with Crippen LogP contribution in [0, 0.1) is 11.8 Å². The van der Waals surface area contributed by atoms with Crippen LogP contribution in [0.25, 0.3) is 22.2 Å². The summed E-state index contributed by atoms with van der Waals surface area (Å²) >= 11 is 0.